The van der Waals surface area contributed by atoms with Crippen LogP contribution in [0.25, 0.3) is 22.0 Å². The number of hydrogen-bond donors (Lipinski definition) is 2. The maximum atomic E-state index is 14.3. The lowest BCUT2D eigenvalue weighted by atomic mass is 10.0. The molecule has 0 unspecified atom stereocenters. The molecule has 1 amide bonds. The van der Waals surface area contributed by atoms with Gasteiger partial charge in [0, 0.05) is 43.0 Å². The minimum absolute atomic E-state index is 0.174. The zero-order chi connectivity index (χ0) is 29.3. The van der Waals surface area contributed by atoms with Gasteiger partial charge in [-0.3, -0.25) is 14.2 Å². The van der Waals surface area contributed by atoms with E-state index in [1.54, 1.807) is 30.0 Å². The molecule has 3 aromatic rings. The number of aromatic nitrogens is 2. The number of amides is 1. The first-order valence-corrected chi connectivity index (χ1v) is 13.9. The van der Waals surface area contributed by atoms with Crippen LogP contribution in [0.1, 0.15) is 19.3 Å². The third-order valence-corrected chi connectivity index (χ3v) is 8.40. The number of carbonyl (C=O) groups is 1. The van der Waals surface area contributed by atoms with Crippen molar-refractivity contribution in [3.63, 3.8) is 0 Å². The van der Waals surface area contributed by atoms with Crippen molar-refractivity contribution in [3.8, 4) is 22.6 Å². The van der Waals surface area contributed by atoms with E-state index in [2.05, 4.69) is 22.2 Å². The molecule has 0 spiro atoms. The molecule has 1 saturated carbocycles. The van der Waals surface area contributed by atoms with Gasteiger partial charge in [-0.25, -0.2) is 4.98 Å². The molecule has 2 N–H and O–H groups in total. The predicted molar refractivity (Wildman–Crippen MR) is 159 cm³/mol. The van der Waals surface area contributed by atoms with Crippen molar-refractivity contribution in [2.45, 2.75) is 36.9 Å². The van der Waals surface area contributed by atoms with Gasteiger partial charge in [0.15, 0.2) is 0 Å². The fourth-order valence-corrected chi connectivity index (χ4v) is 6.09. The molecule has 1 aliphatic carbocycles. The quantitative estimate of drug-likeness (QED) is 0.328. The van der Waals surface area contributed by atoms with Crippen molar-refractivity contribution in [1.82, 2.24) is 14.9 Å². The van der Waals surface area contributed by atoms with Gasteiger partial charge in [-0.2, -0.15) is 0 Å². The van der Waals surface area contributed by atoms with Crippen LogP contribution in [-0.2, 0) is 19.8 Å². The van der Waals surface area contributed by atoms with Gasteiger partial charge < -0.3 is 29.6 Å². The first-order chi connectivity index (χ1) is 19.8. The SMILES string of the molecule is C=CC(=O)N[C@H]1CCOC[C@H]1Nc1cc2c(cn1)cc(-c1c(Cl)c(OC)cc(OC)c1Cl)c(=O)n2C1(COC)CC1. The van der Waals surface area contributed by atoms with E-state index in [-0.39, 0.29) is 33.6 Å². The Morgan fingerprint density at radius 2 is 1.88 bits per heavy atom. The lowest BCUT2D eigenvalue weighted by molar-refractivity contribution is -0.117. The second kappa shape index (κ2) is 11.9. The monoisotopic (exact) mass is 602 g/mol. The second-order valence-corrected chi connectivity index (χ2v) is 11.0. The average Bonchev–Trinajstić information content (AvgIpc) is 3.74. The third kappa shape index (κ3) is 5.49. The Morgan fingerprint density at radius 3 is 2.49 bits per heavy atom. The number of benzene rings is 1. The van der Waals surface area contributed by atoms with Crippen molar-refractivity contribution in [1.29, 1.82) is 0 Å². The van der Waals surface area contributed by atoms with Crippen molar-refractivity contribution in [2.24, 2.45) is 0 Å². The molecule has 12 heteroatoms. The maximum absolute atomic E-state index is 14.3. The summed E-state index contributed by atoms with van der Waals surface area (Å²) < 4.78 is 23.9. The lowest BCUT2D eigenvalue weighted by Gasteiger charge is -2.33. The molecule has 1 saturated heterocycles. The lowest BCUT2D eigenvalue weighted by Crippen LogP contribution is -2.52. The summed E-state index contributed by atoms with van der Waals surface area (Å²) in [6.45, 7) is 4.81. The summed E-state index contributed by atoms with van der Waals surface area (Å²) in [6, 6.07) is 4.75. The highest BCUT2D eigenvalue weighted by Gasteiger charge is 2.47. The molecule has 5 rings (SSSR count). The van der Waals surface area contributed by atoms with E-state index in [0.717, 1.165) is 12.8 Å². The Bertz CT molecular complexity index is 1530. The van der Waals surface area contributed by atoms with Crippen LogP contribution in [0.4, 0.5) is 5.82 Å². The summed E-state index contributed by atoms with van der Waals surface area (Å²) in [7, 11) is 4.59. The van der Waals surface area contributed by atoms with Crippen molar-refractivity contribution in [2.75, 3.05) is 46.5 Å². The van der Waals surface area contributed by atoms with Crippen LogP contribution in [0.15, 0.2) is 41.8 Å². The van der Waals surface area contributed by atoms with Crippen LogP contribution in [0.5, 0.6) is 11.5 Å². The Labute approximate surface area is 247 Å². The number of fused-ring (bicyclic) bond motifs is 1. The minimum Gasteiger partial charge on any atom is -0.495 e. The molecule has 2 aliphatic rings. The minimum atomic E-state index is -0.533. The molecule has 41 heavy (non-hydrogen) atoms. The van der Waals surface area contributed by atoms with E-state index in [4.69, 9.17) is 42.1 Å². The molecule has 2 atom stereocenters. The highest BCUT2D eigenvalue weighted by molar-refractivity contribution is 6.41. The van der Waals surface area contributed by atoms with Crippen LogP contribution in [0, 0.1) is 0 Å². The third-order valence-electron chi connectivity index (χ3n) is 7.65. The zero-order valence-electron chi connectivity index (χ0n) is 23.1. The van der Waals surface area contributed by atoms with E-state index < -0.39 is 5.54 Å². The van der Waals surface area contributed by atoms with Gasteiger partial charge in [0.2, 0.25) is 5.91 Å². The van der Waals surface area contributed by atoms with Gasteiger partial charge in [-0.1, -0.05) is 29.8 Å². The Morgan fingerprint density at radius 1 is 1.17 bits per heavy atom. The van der Waals surface area contributed by atoms with Crippen LogP contribution < -0.4 is 25.7 Å². The molecule has 10 nitrogen and oxygen atoms in total. The van der Waals surface area contributed by atoms with Gasteiger partial charge in [0.25, 0.3) is 5.56 Å². The van der Waals surface area contributed by atoms with Crippen LogP contribution in [0.3, 0.4) is 0 Å². The molecule has 218 valence electrons. The number of ether oxygens (including phenoxy) is 4. The first kappa shape index (κ1) is 29.2. The molecule has 1 aliphatic heterocycles. The largest absolute Gasteiger partial charge is 0.495 e. The summed E-state index contributed by atoms with van der Waals surface area (Å²) in [5, 5.41) is 7.46. The number of carbonyl (C=O) groups excluding carboxylic acids is 1. The molecular weight excluding hydrogens is 571 g/mol. The molecule has 3 heterocycles. The van der Waals surface area contributed by atoms with Gasteiger partial charge in [-0.05, 0) is 31.4 Å². The molecule has 1 aromatic carbocycles. The van der Waals surface area contributed by atoms with Crippen LogP contribution >= 0.6 is 23.2 Å². The summed E-state index contributed by atoms with van der Waals surface area (Å²) in [6.07, 6.45) is 5.11. The number of pyridine rings is 2. The molecule has 2 fully saturated rings. The van der Waals surface area contributed by atoms with E-state index in [9.17, 15) is 9.59 Å². The molecule has 0 bridgehead atoms. The fraction of sp³-hybridized carbons (Fsp3) is 0.414. The summed E-state index contributed by atoms with van der Waals surface area (Å²) in [5.41, 5.74) is 0.481. The highest BCUT2D eigenvalue weighted by atomic mass is 35.5. The summed E-state index contributed by atoms with van der Waals surface area (Å²) in [4.78, 5) is 31.0. The van der Waals surface area contributed by atoms with E-state index in [1.165, 1.54) is 20.3 Å². The highest BCUT2D eigenvalue weighted by Crippen LogP contribution is 2.48. The zero-order valence-corrected chi connectivity index (χ0v) is 24.6. The number of anilines is 1. The number of halogens is 2. The van der Waals surface area contributed by atoms with Crippen LogP contribution in [-0.4, -0.2) is 68.7 Å². The average molecular weight is 604 g/mol. The number of rotatable bonds is 10. The first-order valence-electron chi connectivity index (χ1n) is 13.2. The van der Waals surface area contributed by atoms with E-state index >= 15 is 0 Å². The maximum Gasteiger partial charge on any atom is 0.259 e. The van der Waals surface area contributed by atoms with Crippen molar-refractivity contribution in [3.05, 3.63) is 57.4 Å². The fourth-order valence-electron chi connectivity index (χ4n) is 5.39. The molecule has 0 radical (unpaired) electrons. The van der Waals surface area contributed by atoms with Gasteiger partial charge in [0.1, 0.15) is 17.3 Å². The van der Waals surface area contributed by atoms with Crippen molar-refractivity contribution >= 4 is 45.8 Å². The van der Waals surface area contributed by atoms with Crippen molar-refractivity contribution < 1.29 is 23.7 Å². The Balaban J connectivity index is 1.66. The summed E-state index contributed by atoms with van der Waals surface area (Å²) >= 11 is 13.5. The second-order valence-electron chi connectivity index (χ2n) is 10.2. The number of hydrogen-bond acceptors (Lipinski definition) is 8. The van der Waals surface area contributed by atoms with Gasteiger partial charge >= 0.3 is 0 Å². The van der Waals surface area contributed by atoms with Gasteiger partial charge in [-0.15, -0.1) is 0 Å². The molecular formula is C29H32Cl2N4O6. The predicted octanol–water partition coefficient (Wildman–Crippen LogP) is 4.39. The normalized spacial score (nSPS) is 19.4. The number of nitrogens with one attached hydrogen (secondary N) is 2. The van der Waals surface area contributed by atoms with Gasteiger partial charge in [0.05, 0.1) is 66.2 Å². The number of methoxy groups -OCH3 is 3. The Kier molecular flexibility index (Phi) is 8.47. The topological polar surface area (TPSA) is 113 Å². The number of nitrogens with zero attached hydrogens (tertiary/aromatic N) is 2. The smallest absolute Gasteiger partial charge is 0.259 e. The van der Waals surface area contributed by atoms with Crippen LogP contribution in [0.2, 0.25) is 10.0 Å². The Hall–Kier alpha value is -3.31. The molecule has 2 aromatic heterocycles. The van der Waals surface area contributed by atoms with E-state index in [0.29, 0.717) is 65.6 Å². The standard InChI is InChI=1S/C29H32Cl2N4O6/c1-5-24(36)34-18-6-9-41-14-19(18)33-23-11-20-16(13-32-23)10-17(28(37)35(20)29(7-8-29)15-38-2)25-26(30)21(39-3)12-22(40-4)27(25)31/h5,10-13,18-19H,1,6-9,14-15H2,2-4H3,(H,32,33)(H,34,36)/t18-,19+/m0/s1. The van der Waals surface area contributed by atoms with E-state index in [1.807, 2.05) is 6.07 Å². The summed E-state index contributed by atoms with van der Waals surface area (Å²) in [5.74, 6) is 0.951.